The highest BCUT2D eigenvalue weighted by Crippen LogP contribution is 2.31. The molecule has 0 bridgehead atoms. The van der Waals surface area contributed by atoms with Crippen LogP contribution in [0.1, 0.15) is 11.1 Å². The molecule has 0 saturated carbocycles. The second kappa shape index (κ2) is 10.3. The van der Waals surface area contributed by atoms with Crippen molar-refractivity contribution in [1.29, 1.82) is 0 Å². The molecule has 0 fully saturated rings. The summed E-state index contributed by atoms with van der Waals surface area (Å²) in [5.41, 5.74) is 12.2. The van der Waals surface area contributed by atoms with Gasteiger partial charge >= 0.3 is 0 Å². The van der Waals surface area contributed by atoms with Crippen molar-refractivity contribution in [1.82, 2.24) is 9.97 Å². The number of hydrogen-bond donors (Lipinski definition) is 0. The first-order chi connectivity index (χ1) is 18.6. The van der Waals surface area contributed by atoms with Crippen molar-refractivity contribution < 1.29 is 0 Å². The lowest BCUT2D eigenvalue weighted by molar-refractivity contribution is 1.18. The first kappa shape index (κ1) is 23.6. The first-order valence-corrected chi connectivity index (χ1v) is 12.9. The molecular weight excluding hydrogens is 460 g/mol. The van der Waals surface area contributed by atoms with E-state index in [0.29, 0.717) is 0 Å². The SMILES string of the molecule is Cc1ccc(-c2ccc(-c3cc(-c4cccc(-c5ccc(C)cc5)c4)nc(-c4ccccc4)n3)cc2)cc1. The standard InChI is InChI=1S/C36H28N2/c1-25-11-15-27(16-12-25)28-19-21-30(22-20-28)34-24-35(38-36(37-34)31-7-4-3-5-8-31)33-10-6-9-32(23-33)29-17-13-26(2)14-18-29/h3-24H,1-2H3. The molecular formula is C36H28N2. The zero-order valence-corrected chi connectivity index (χ0v) is 21.6. The Morgan fingerprint density at radius 1 is 0.342 bits per heavy atom. The van der Waals surface area contributed by atoms with Gasteiger partial charge in [0.05, 0.1) is 11.4 Å². The van der Waals surface area contributed by atoms with Gasteiger partial charge in [0.1, 0.15) is 0 Å². The number of hydrogen-bond acceptors (Lipinski definition) is 2. The van der Waals surface area contributed by atoms with Crippen LogP contribution in [0.25, 0.3) is 56.2 Å². The van der Waals surface area contributed by atoms with Gasteiger partial charge in [0, 0.05) is 16.7 Å². The predicted octanol–water partition coefficient (Wildman–Crippen LogP) is 9.43. The molecule has 0 amide bonds. The summed E-state index contributed by atoms with van der Waals surface area (Å²) in [5, 5.41) is 0. The maximum atomic E-state index is 5.01. The minimum Gasteiger partial charge on any atom is -0.228 e. The minimum absolute atomic E-state index is 0.724. The fourth-order valence-corrected chi connectivity index (χ4v) is 4.64. The second-order valence-electron chi connectivity index (χ2n) is 9.72. The lowest BCUT2D eigenvalue weighted by Gasteiger charge is -2.11. The van der Waals surface area contributed by atoms with E-state index in [4.69, 9.17) is 9.97 Å². The first-order valence-electron chi connectivity index (χ1n) is 12.9. The van der Waals surface area contributed by atoms with Gasteiger partial charge in [0.2, 0.25) is 0 Å². The summed E-state index contributed by atoms with van der Waals surface area (Å²) in [5.74, 6) is 0.724. The van der Waals surface area contributed by atoms with Crippen molar-refractivity contribution in [2.45, 2.75) is 13.8 Å². The molecule has 6 aromatic rings. The van der Waals surface area contributed by atoms with E-state index in [2.05, 4.69) is 129 Å². The Balaban J connectivity index is 1.43. The summed E-state index contributed by atoms with van der Waals surface area (Å²) in [6.07, 6.45) is 0. The second-order valence-corrected chi connectivity index (χ2v) is 9.72. The maximum Gasteiger partial charge on any atom is 0.160 e. The molecule has 1 aromatic heterocycles. The Kier molecular flexibility index (Phi) is 6.37. The van der Waals surface area contributed by atoms with E-state index in [9.17, 15) is 0 Å². The molecule has 1 heterocycles. The third kappa shape index (κ3) is 5.02. The Bertz CT molecular complexity index is 1680. The van der Waals surface area contributed by atoms with Gasteiger partial charge in [-0.15, -0.1) is 0 Å². The highest BCUT2D eigenvalue weighted by atomic mass is 14.9. The molecule has 0 aliphatic rings. The monoisotopic (exact) mass is 488 g/mol. The Labute approximate surface area is 224 Å². The molecule has 182 valence electrons. The van der Waals surface area contributed by atoms with Crippen LogP contribution in [0.2, 0.25) is 0 Å². The smallest absolute Gasteiger partial charge is 0.160 e. The van der Waals surface area contributed by atoms with Crippen LogP contribution in [0, 0.1) is 13.8 Å². The number of benzene rings is 5. The van der Waals surface area contributed by atoms with Gasteiger partial charge in [0.15, 0.2) is 5.82 Å². The van der Waals surface area contributed by atoms with Gasteiger partial charge in [-0.2, -0.15) is 0 Å². The molecule has 0 saturated heterocycles. The van der Waals surface area contributed by atoms with Crippen LogP contribution in [0.5, 0.6) is 0 Å². The quantitative estimate of drug-likeness (QED) is 0.241. The van der Waals surface area contributed by atoms with Crippen LogP contribution in [0.3, 0.4) is 0 Å². The lowest BCUT2D eigenvalue weighted by atomic mass is 9.99. The summed E-state index contributed by atoms with van der Waals surface area (Å²) >= 11 is 0. The summed E-state index contributed by atoms with van der Waals surface area (Å²) < 4.78 is 0. The van der Waals surface area contributed by atoms with Gasteiger partial charge in [-0.25, -0.2) is 9.97 Å². The van der Waals surface area contributed by atoms with E-state index in [1.165, 1.54) is 33.4 Å². The van der Waals surface area contributed by atoms with Crippen LogP contribution >= 0.6 is 0 Å². The predicted molar refractivity (Wildman–Crippen MR) is 159 cm³/mol. The zero-order valence-electron chi connectivity index (χ0n) is 21.6. The fraction of sp³-hybridized carbons (Fsp3) is 0.0556. The molecule has 0 aliphatic carbocycles. The minimum atomic E-state index is 0.724. The fourth-order valence-electron chi connectivity index (χ4n) is 4.64. The van der Waals surface area contributed by atoms with Gasteiger partial charge in [-0.3, -0.25) is 0 Å². The van der Waals surface area contributed by atoms with Crippen LogP contribution < -0.4 is 0 Å². The van der Waals surface area contributed by atoms with E-state index in [1.807, 2.05) is 18.2 Å². The molecule has 0 N–H and O–H groups in total. The van der Waals surface area contributed by atoms with Crippen molar-refractivity contribution in [2.75, 3.05) is 0 Å². The van der Waals surface area contributed by atoms with Gasteiger partial charge < -0.3 is 0 Å². The highest BCUT2D eigenvalue weighted by molar-refractivity contribution is 5.76. The summed E-state index contributed by atoms with van der Waals surface area (Å²) in [7, 11) is 0. The Morgan fingerprint density at radius 3 is 1.39 bits per heavy atom. The molecule has 0 spiro atoms. The Hall–Kier alpha value is -4.82. The van der Waals surface area contributed by atoms with Crippen molar-refractivity contribution in [3.8, 4) is 56.2 Å². The van der Waals surface area contributed by atoms with Crippen LogP contribution in [0.4, 0.5) is 0 Å². The van der Waals surface area contributed by atoms with Gasteiger partial charge in [0.25, 0.3) is 0 Å². The highest BCUT2D eigenvalue weighted by Gasteiger charge is 2.12. The van der Waals surface area contributed by atoms with Crippen LogP contribution in [-0.2, 0) is 0 Å². The van der Waals surface area contributed by atoms with E-state index in [-0.39, 0.29) is 0 Å². The molecule has 6 rings (SSSR count). The lowest BCUT2D eigenvalue weighted by Crippen LogP contribution is -1.96. The molecule has 0 aliphatic heterocycles. The van der Waals surface area contributed by atoms with E-state index < -0.39 is 0 Å². The van der Waals surface area contributed by atoms with Crippen LogP contribution in [0.15, 0.2) is 133 Å². The van der Waals surface area contributed by atoms with Crippen molar-refractivity contribution >= 4 is 0 Å². The summed E-state index contributed by atoms with van der Waals surface area (Å²) in [4.78, 5) is 10.0. The van der Waals surface area contributed by atoms with E-state index >= 15 is 0 Å². The third-order valence-electron chi connectivity index (χ3n) is 6.87. The molecule has 0 atom stereocenters. The number of aromatic nitrogens is 2. The average molecular weight is 489 g/mol. The number of aryl methyl sites for hydroxylation is 2. The molecule has 5 aromatic carbocycles. The molecule has 2 heteroatoms. The molecule has 0 unspecified atom stereocenters. The van der Waals surface area contributed by atoms with Crippen molar-refractivity contribution in [3.05, 3.63) is 145 Å². The maximum absolute atomic E-state index is 5.01. The summed E-state index contributed by atoms with van der Waals surface area (Å²) in [6.45, 7) is 4.22. The van der Waals surface area contributed by atoms with Gasteiger partial charge in [-0.05, 0) is 48.2 Å². The topological polar surface area (TPSA) is 25.8 Å². The third-order valence-corrected chi connectivity index (χ3v) is 6.87. The normalized spacial score (nSPS) is 10.9. The summed E-state index contributed by atoms with van der Waals surface area (Å²) in [6, 6.07) is 46.8. The van der Waals surface area contributed by atoms with Gasteiger partial charge in [-0.1, -0.05) is 132 Å². The molecule has 38 heavy (non-hydrogen) atoms. The molecule has 2 nitrogen and oxygen atoms in total. The van der Waals surface area contributed by atoms with E-state index in [1.54, 1.807) is 0 Å². The molecule has 0 radical (unpaired) electrons. The largest absolute Gasteiger partial charge is 0.228 e. The van der Waals surface area contributed by atoms with E-state index in [0.717, 1.165) is 33.9 Å². The van der Waals surface area contributed by atoms with Crippen LogP contribution in [-0.4, -0.2) is 9.97 Å². The van der Waals surface area contributed by atoms with Crippen molar-refractivity contribution in [2.24, 2.45) is 0 Å². The zero-order chi connectivity index (χ0) is 25.9. The number of rotatable bonds is 5. The Morgan fingerprint density at radius 2 is 0.789 bits per heavy atom. The average Bonchev–Trinajstić information content (AvgIpc) is 2.98. The van der Waals surface area contributed by atoms with Crippen molar-refractivity contribution in [3.63, 3.8) is 0 Å². The number of nitrogens with zero attached hydrogens (tertiary/aromatic N) is 2.